The van der Waals surface area contributed by atoms with Gasteiger partial charge in [0.1, 0.15) is 41.3 Å². The highest BCUT2D eigenvalue weighted by molar-refractivity contribution is 14.1. The number of aliphatic carboxylic acids is 8. The Kier molecular flexibility index (Phi) is 40.5. The van der Waals surface area contributed by atoms with Crippen molar-refractivity contribution in [3.8, 4) is 5.75 Å². The number of hydrogen-bond donors (Lipinski definition) is 13. The number of carboxylic acid groups (broad SMARTS) is 8. The molecule has 592 valence electrons. The maximum absolute atomic E-state index is 14.9. The number of nitrogens with one attached hydrogen (secondary N) is 5. The molecule has 0 aromatic heterocycles. The maximum atomic E-state index is 14.9. The summed E-state index contributed by atoms with van der Waals surface area (Å²) in [7, 11) is 0. The monoisotopic (exact) mass is 1630 g/mol. The van der Waals surface area contributed by atoms with Crippen molar-refractivity contribution in [3.63, 3.8) is 0 Å². The topological polar surface area (TPSA) is 534 Å². The van der Waals surface area contributed by atoms with E-state index in [0.717, 1.165) is 18.2 Å². The number of unbranched alkanes of at least 4 members (excludes halogenated alkanes) is 6. The Morgan fingerprint density at radius 2 is 0.991 bits per heavy atom. The molecule has 0 radical (unpaired) electrons. The molecule has 13 N–H and O–H groups in total. The number of allylic oxidation sites excluding steroid dienone is 3. The maximum Gasteiger partial charge on any atom is 0.347 e. The minimum absolute atomic E-state index is 0.0000501. The number of carboxylic acids is 8. The third kappa shape index (κ3) is 36.1. The van der Waals surface area contributed by atoms with E-state index in [1.54, 1.807) is 30.3 Å². The first-order valence-electron chi connectivity index (χ1n) is 35.5. The molecule has 2 aromatic carbocycles. The summed E-state index contributed by atoms with van der Waals surface area (Å²) >= 11 is 1.83. The first-order valence-corrected chi connectivity index (χ1v) is 36.5. The fraction of sp³-hybridized carbons (Fsp3) is 0.542. The molecular weight excluding hydrogens is 1530 g/mol. The van der Waals surface area contributed by atoms with Gasteiger partial charge in [0.25, 0.3) is 0 Å². The molecule has 1 saturated heterocycles. The summed E-state index contributed by atoms with van der Waals surface area (Å²) in [6.45, 7) is -1.25. The molecule has 108 heavy (non-hydrogen) atoms. The summed E-state index contributed by atoms with van der Waals surface area (Å²) in [6, 6.07) is 4.43. The number of nitrogens with zero attached hydrogens (tertiary/aromatic N) is 4. The summed E-state index contributed by atoms with van der Waals surface area (Å²) in [5.74, 6) is -16.9. The first-order chi connectivity index (χ1) is 51.3. The Hall–Kier alpha value is -9.92. The zero-order valence-electron chi connectivity index (χ0n) is 59.7. The molecule has 2 aromatic rings. The molecular formula is C72H96IN9O26. The number of benzene rings is 2. The normalized spacial score (nSPS) is 15.7. The summed E-state index contributed by atoms with van der Waals surface area (Å²) in [5.41, 5.74) is 0.421. The van der Waals surface area contributed by atoms with Crippen LogP contribution in [0, 0.1) is 9.49 Å². The zero-order chi connectivity index (χ0) is 79.8. The average molecular weight is 1630 g/mol. The van der Waals surface area contributed by atoms with Crippen molar-refractivity contribution in [3.05, 3.63) is 87.0 Å². The largest absolute Gasteiger partial charge is 0.481 e. The summed E-state index contributed by atoms with van der Waals surface area (Å²) in [5, 5.41) is 90.1. The lowest BCUT2D eigenvalue weighted by Crippen LogP contribution is -2.52. The minimum atomic E-state index is -1.54. The van der Waals surface area contributed by atoms with Crippen LogP contribution in [-0.4, -0.2) is 270 Å². The van der Waals surface area contributed by atoms with Gasteiger partial charge in [0.15, 0.2) is 17.3 Å². The van der Waals surface area contributed by atoms with Crippen molar-refractivity contribution in [1.82, 2.24) is 46.2 Å². The number of carbonyl (C=O) groups is 17. The van der Waals surface area contributed by atoms with E-state index in [1.807, 2.05) is 22.6 Å². The smallest absolute Gasteiger partial charge is 0.347 e. The Bertz CT molecular complexity index is 3540. The van der Waals surface area contributed by atoms with Gasteiger partial charge in [-0.15, -0.1) is 0 Å². The highest BCUT2D eigenvalue weighted by Gasteiger charge is 2.34. The van der Waals surface area contributed by atoms with Gasteiger partial charge in [0.05, 0.1) is 29.2 Å². The number of amides is 5. The van der Waals surface area contributed by atoms with Gasteiger partial charge in [-0.2, -0.15) is 0 Å². The summed E-state index contributed by atoms with van der Waals surface area (Å²) < 4.78 is 5.74. The van der Waals surface area contributed by atoms with Gasteiger partial charge in [-0.1, -0.05) is 62.1 Å². The molecule has 1 heterocycles. The van der Waals surface area contributed by atoms with Gasteiger partial charge in [0, 0.05) is 109 Å². The second-order valence-electron chi connectivity index (χ2n) is 26.3. The lowest BCUT2D eigenvalue weighted by molar-refractivity contribution is -0.145. The van der Waals surface area contributed by atoms with Crippen molar-refractivity contribution in [2.45, 2.75) is 165 Å². The number of ketones is 4. The summed E-state index contributed by atoms with van der Waals surface area (Å²) in [6.07, 6.45) is 4.77. The van der Waals surface area contributed by atoms with Gasteiger partial charge in [-0.3, -0.25) is 77.1 Å². The molecule has 0 saturated carbocycles. The van der Waals surface area contributed by atoms with E-state index in [1.165, 1.54) is 37.8 Å². The predicted octanol–water partition coefficient (Wildman–Crippen LogP) is 2.17. The molecule has 0 unspecified atom stereocenters. The van der Waals surface area contributed by atoms with Crippen molar-refractivity contribution < 1.29 is 127 Å². The molecule has 5 amide bonds. The molecule has 2 aliphatic rings. The van der Waals surface area contributed by atoms with Gasteiger partial charge in [-0.05, 0) is 129 Å². The molecule has 36 heteroatoms. The van der Waals surface area contributed by atoms with Crippen LogP contribution in [0.4, 0.5) is 4.79 Å². The standard InChI is InChI=1S/C72H96IN9O26/c73-51-38-46(20-25-59(51)108-71(106)50-41-49(84)21-24-57(50)85)39-55(75-61(88)26-23-56(70(104)105)82-35-33-80(43-64(93)94)31-29-79(42-63(91)92)30-32-81(34-36-82)44-65(95)96)58(86)40-47(37-45-13-5-3-6-14-45)66(97)76-52(67(98)99)18-11-12-28-74-60(87)19-10-2-1-7-15-48(83)16-8-4-9-17-53(68(100)101)77-72(107)78-54(69(102)103)22-27-62(89)90/h3,5-6,13-14,20-21,24-25,38,41,47,52-56H,1-2,4,7-12,15-19,22-23,26-37,39-40,42-44H2,(H,74,87)(H,75,88)(H,76,97)(H,89,90)(H,91,92)(H,93,94)(H,95,96)(H,98,99)(H,100,101)(H,102,103)(H,104,105)(H2,77,78,107)/t47-,52+,53-,54-,55+,56-/m0/s1. The quantitative estimate of drug-likeness (QED) is 0.0113. The van der Waals surface area contributed by atoms with Crippen LogP contribution in [0.25, 0.3) is 0 Å². The van der Waals surface area contributed by atoms with Crippen LogP contribution in [0.15, 0.2) is 72.3 Å². The number of esters is 1. The van der Waals surface area contributed by atoms with Crippen molar-refractivity contribution in [1.29, 1.82) is 0 Å². The Labute approximate surface area is 635 Å². The van der Waals surface area contributed by atoms with Crippen LogP contribution in [0.5, 0.6) is 5.75 Å². The van der Waals surface area contributed by atoms with E-state index in [4.69, 9.17) is 9.84 Å². The number of Topliss-reactive ketones (excluding diaryl/α,β-unsaturated/α-hetero) is 2. The molecule has 1 aliphatic carbocycles. The Balaban J connectivity index is 1.39. The number of urea groups is 1. The van der Waals surface area contributed by atoms with E-state index in [0.29, 0.717) is 68.9 Å². The molecule has 1 fully saturated rings. The van der Waals surface area contributed by atoms with Crippen molar-refractivity contribution >= 4 is 123 Å². The lowest BCUT2D eigenvalue weighted by Gasteiger charge is -2.35. The number of ether oxygens (including phenoxy) is 1. The van der Waals surface area contributed by atoms with E-state index in [9.17, 15) is 117 Å². The SMILES string of the molecule is O=C1C=CC(=O)C(C(=O)Oc2ccc(C[C@@H](NC(=O)CC[C@@H](C(=O)O)N3CCN(CC(=O)O)CCN(CC(=O)O)CCN(CC(=O)O)CC3)C(=O)C[C@H](Cc3ccccc3)C(=O)N[C@H](CCCCNC(=O)CCCCCCC(=O)CCCCC[C@H](NC(=O)N[C@@H](CCC(=O)O)C(=O)O)C(=O)O)C(=O)O)cc2I)=C1. The fourth-order valence-corrected chi connectivity index (χ4v) is 12.6. The number of halogens is 1. The van der Waals surface area contributed by atoms with Gasteiger partial charge in [-0.25, -0.2) is 24.0 Å². The van der Waals surface area contributed by atoms with E-state index < -0.39 is 182 Å². The minimum Gasteiger partial charge on any atom is -0.481 e. The third-order valence-electron chi connectivity index (χ3n) is 17.8. The van der Waals surface area contributed by atoms with Crippen molar-refractivity contribution in [2.75, 3.05) is 78.5 Å². The molecule has 35 nitrogen and oxygen atoms in total. The van der Waals surface area contributed by atoms with E-state index in [2.05, 4.69) is 26.6 Å². The Morgan fingerprint density at radius 1 is 0.472 bits per heavy atom. The van der Waals surface area contributed by atoms with E-state index >= 15 is 0 Å². The second-order valence-corrected chi connectivity index (χ2v) is 27.4. The summed E-state index contributed by atoms with van der Waals surface area (Å²) in [4.78, 5) is 220. The average Bonchev–Trinajstić information content (AvgIpc) is 0.834. The fourth-order valence-electron chi connectivity index (χ4n) is 11.9. The second kappa shape index (κ2) is 48.4. The zero-order valence-corrected chi connectivity index (χ0v) is 61.9. The molecule has 4 rings (SSSR count). The molecule has 0 spiro atoms. The van der Waals surface area contributed by atoms with Crippen LogP contribution in [0.2, 0.25) is 0 Å². The molecule has 0 bridgehead atoms. The Morgan fingerprint density at radius 3 is 1.52 bits per heavy atom. The molecule has 6 atom stereocenters. The van der Waals surface area contributed by atoms with Gasteiger partial charge >= 0.3 is 59.8 Å². The number of rotatable bonds is 49. The van der Waals surface area contributed by atoms with Crippen LogP contribution >= 0.6 is 22.6 Å². The van der Waals surface area contributed by atoms with Crippen LogP contribution in [-0.2, 0) is 89.6 Å². The van der Waals surface area contributed by atoms with Crippen LogP contribution in [0.3, 0.4) is 0 Å². The predicted molar refractivity (Wildman–Crippen MR) is 389 cm³/mol. The number of hydrogen-bond acceptors (Lipinski definition) is 22. The highest BCUT2D eigenvalue weighted by atomic mass is 127. The van der Waals surface area contributed by atoms with Gasteiger partial charge < -0.3 is 72.2 Å². The first kappa shape index (κ1) is 90.5. The van der Waals surface area contributed by atoms with E-state index in [-0.39, 0.29) is 125 Å². The molecule has 1 aliphatic heterocycles. The lowest BCUT2D eigenvalue weighted by atomic mass is 9.89. The van der Waals surface area contributed by atoms with Crippen LogP contribution in [0.1, 0.15) is 133 Å². The van der Waals surface area contributed by atoms with Crippen LogP contribution < -0.4 is 31.3 Å². The third-order valence-corrected chi connectivity index (χ3v) is 18.6. The van der Waals surface area contributed by atoms with Gasteiger partial charge in [0.2, 0.25) is 17.7 Å². The highest BCUT2D eigenvalue weighted by Crippen LogP contribution is 2.26. The van der Waals surface area contributed by atoms with Crippen molar-refractivity contribution in [2.24, 2.45) is 5.92 Å². The number of carbonyl (C=O) groups excluding carboxylic acids is 9.